The maximum Gasteiger partial charge on any atom is 0.126 e. The molecule has 2 N–H and O–H groups in total. The number of rotatable bonds is 6. The van der Waals surface area contributed by atoms with Crippen LogP contribution in [0.25, 0.3) is 6.08 Å². The molecule has 0 saturated carbocycles. The van der Waals surface area contributed by atoms with Crippen LogP contribution in [0, 0.1) is 5.92 Å². The van der Waals surface area contributed by atoms with E-state index >= 15 is 0 Å². The fraction of sp³-hybridized carbons (Fsp3) is 0.455. The molecule has 0 bridgehead atoms. The fourth-order valence-corrected chi connectivity index (χ4v) is 1.04. The van der Waals surface area contributed by atoms with Gasteiger partial charge in [-0.3, -0.25) is 0 Å². The van der Waals surface area contributed by atoms with Gasteiger partial charge >= 0.3 is 0 Å². The summed E-state index contributed by atoms with van der Waals surface area (Å²) < 4.78 is 5.13. The van der Waals surface area contributed by atoms with E-state index in [2.05, 4.69) is 5.32 Å². The molecule has 0 fully saturated rings. The van der Waals surface area contributed by atoms with E-state index in [-0.39, 0.29) is 6.61 Å². The lowest BCUT2D eigenvalue weighted by Gasteiger charge is -2.06. The second-order valence-corrected chi connectivity index (χ2v) is 3.36. The van der Waals surface area contributed by atoms with Crippen LogP contribution in [0.3, 0.4) is 0 Å². The van der Waals surface area contributed by atoms with E-state index < -0.39 is 0 Å². The molecule has 14 heavy (non-hydrogen) atoms. The largest absolute Gasteiger partial charge is 0.465 e. The molecular weight excluding hydrogens is 178 g/mol. The molecule has 1 heterocycles. The zero-order valence-corrected chi connectivity index (χ0v) is 8.44. The molecule has 0 aliphatic heterocycles. The van der Waals surface area contributed by atoms with Crippen LogP contribution in [0.1, 0.15) is 12.7 Å². The first-order chi connectivity index (χ1) is 6.83. The van der Waals surface area contributed by atoms with Gasteiger partial charge in [-0.1, -0.05) is 13.0 Å². The molecule has 0 aromatic carbocycles. The number of hydrogen-bond donors (Lipinski definition) is 2. The predicted octanol–water partition coefficient (Wildman–Crippen LogP) is 1.51. The van der Waals surface area contributed by atoms with Crippen LogP contribution in [-0.4, -0.2) is 24.8 Å². The normalized spacial score (nSPS) is 13.6. The fourth-order valence-electron chi connectivity index (χ4n) is 1.04. The summed E-state index contributed by atoms with van der Waals surface area (Å²) in [5.74, 6) is 1.18. The van der Waals surface area contributed by atoms with E-state index in [1.807, 2.05) is 31.2 Å². The summed E-state index contributed by atoms with van der Waals surface area (Å²) >= 11 is 0. The summed E-state index contributed by atoms with van der Waals surface area (Å²) in [5, 5.41) is 12.0. The highest BCUT2D eigenvalue weighted by Gasteiger charge is 1.96. The van der Waals surface area contributed by atoms with Crippen molar-refractivity contribution in [2.45, 2.75) is 6.92 Å². The smallest absolute Gasteiger partial charge is 0.126 e. The van der Waals surface area contributed by atoms with E-state index in [0.717, 1.165) is 18.8 Å². The van der Waals surface area contributed by atoms with Crippen molar-refractivity contribution in [1.82, 2.24) is 5.32 Å². The molecule has 1 aromatic heterocycles. The Morgan fingerprint density at radius 3 is 3.14 bits per heavy atom. The topological polar surface area (TPSA) is 45.4 Å². The Morgan fingerprint density at radius 2 is 2.50 bits per heavy atom. The summed E-state index contributed by atoms with van der Waals surface area (Å²) in [5.41, 5.74) is 0. The lowest BCUT2D eigenvalue weighted by Crippen LogP contribution is -2.23. The molecule has 3 nitrogen and oxygen atoms in total. The standard InChI is InChI=1S/C11H17NO2/c1-10(9-13)8-12-6-2-4-11-5-3-7-14-11/h2-5,7,10,12-13H,6,8-9H2,1H3/b4-2+. The van der Waals surface area contributed by atoms with Gasteiger partial charge in [0.2, 0.25) is 0 Å². The van der Waals surface area contributed by atoms with Gasteiger partial charge in [0.25, 0.3) is 0 Å². The van der Waals surface area contributed by atoms with Crippen molar-refractivity contribution in [2.75, 3.05) is 19.7 Å². The van der Waals surface area contributed by atoms with Gasteiger partial charge in [0.05, 0.1) is 6.26 Å². The van der Waals surface area contributed by atoms with Crippen molar-refractivity contribution < 1.29 is 9.52 Å². The Labute approximate surface area is 84.4 Å². The van der Waals surface area contributed by atoms with Gasteiger partial charge in [0, 0.05) is 19.7 Å². The molecular formula is C11H17NO2. The number of aliphatic hydroxyl groups excluding tert-OH is 1. The second-order valence-electron chi connectivity index (χ2n) is 3.36. The highest BCUT2D eigenvalue weighted by molar-refractivity contribution is 5.42. The van der Waals surface area contributed by atoms with Gasteiger partial charge in [-0.15, -0.1) is 0 Å². The van der Waals surface area contributed by atoms with Crippen molar-refractivity contribution >= 4 is 6.08 Å². The number of furan rings is 1. The molecule has 0 aliphatic carbocycles. The minimum atomic E-state index is 0.231. The van der Waals surface area contributed by atoms with Gasteiger partial charge in [0.15, 0.2) is 0 Å². The number of hydrogen-bond acceptors (Lipinski definition) is 3. The highest BCUT2D eigenvalue weighted by Crippen LogP contribution is 2.01. The Kier molecular flexibility index (Phi) is 5.04. The molecule has 0 radical (unpaired) electrons. The summed E-state index contributed by atoms with van der Waals surface area (Å²) in [6.07, 6.45) is 5.58. The Bertz CT molecular complexity index is 254. The number of nitrogens with one attached hydrogen (secondary N) is 1. The van der Waals surface area contributed by atoms with Crippen molar-refractivity contribution in [1.29, 1.82) is 0 Å². The Balaban J connectivity index is 2.09. The molecule has 0 saturated heterocycles. The number of aliphatic hydroxyl groups is 1. The van der Waals surface area contributed by atoms with E-state index in [0.29, 0.717) is 5.92 Å². The van der Waals surface area contributed by atoms with Gasteiger partial charge in [-0.25, -0.2) is 0 Å². The van der Waals surface area contributed by atoms with Crippen LogP contribution in [0.2, 0.25) is 0 Å². The van der Waals surface area contributed by atoms with Crippen LogP contribution in [0.15, 0.2) is 28.9 Å². The zero-order valence-electron chi connectivity index (χ0n) is 8.44. The van der Waals surface area contributed by atoms with Gasteiger partial charge in [-0.05, 0) is 24.1 Å². The van der Waals surface area contributed by atoms with E-state index in [4.69, 9.17) is 9.52 Å². The third kappa shape index (κ3) is 4.25. The molecule has 1 rings (SSSR count). The van der Waals surface area contributed by atoms with Crippen LogP contribution >= 0.6 is 0 Å². The monoisotopic (exact) mass is 195 g/mol. The molecule has 3 heteroatoms. The molecule has 0 spiro atoms. The first-order valence-electron chi connectivity index (χ1n) is 4.84. The maximum atomic E-state index is 8.77. The van der Waals surface area contributed by atoms with Crippen molar-refractivity contribution in [3.05, 3.63) is 30.2 Å². The third-order valence-corrected chi connectivity index (χ3v) is 1.89. The summed E-state index contributed by atoms with van der Waals surface area (Å²) in [7, 11) is 0. The first-order valence-corrected chi connectivity index (χ1v) is 4.84. The van der Waals surface area contributed by atoms with Crippen molar-refractivity contribution in [3.63, 3.8) is 0 Å². The average molecular weight is 195 g/mol. The summed E-state index contributed by atoms with van der Waals surface area (Å²) in [4.78, 5) is 0. The zero-order chi connectivity index (χ0) is 10.2. The van der Waals surface area contributed by atoms with Gasteiger partial charge in [-0.2, -0.15) is 0 Å². The minimum absolute atomic E-state index is 0.231. The van der Waals surface area contributed by atoms with E-state index in [9.17, 15) is 0 Å². The molecule has 78 valence electrons. The molecule has 1 aromatic rings. The molecule has 0 amide bonds. The van der Waals surface area contributed by atoms with Crippen LogP contribution < -0.4 is 5.32 Å². The van der Waals surface area contributed by atoms with Gasteiger partial charge in [0.1, 0.15) is 5.76 Å². The van der Waals surface area contributed by atoms with Crippen LogP contribution in [0.5, 0.6) is 0 Å². The molecule has 0 aliphatic rings. The minimum Gasteiger partial charge on any atom is -0.465 e. The highest BCUT2D eigenvalue weighted by atomic mass is 16.3. The summed E-state index contributed by atoms with van der Waals surface area (Å²) in [6.45, 7) is 3.86. The molecule has 1 unspecified atom stereocenters. The third-order valence-electron chi connectivity index (χ3n) is 1.89. The van der Waals surface area contributed by atoms with Crippen LogP contribution in [-0.2, 0) is 0 Å². The first kappa shape index (κ1) is 11.0. The van der Waals surface area contributed by atoms with E-state index in [1.165, 1.54) is 0 Å². The van der Waals surface area contributed by atoms with Crippen molar-refractivity contribution in [3.8, 4) is 0 Å². The SMILES string of the molecule is CC(CO)CNC/C=C/c1ccco1. The molecule has 1 atom stereocenters. The predicted molar refractivity (Wildman–Crippen MR) is 56.9 cm³/mol. The lowest BCUT2D eigenvalue weighted by atomic mass is 10.2. The average Bonchev–Trinajstić information content (AvgIpc) is 2.69. The van der Waals surface area contributed by atoms with Gasteiger partial charge < -0.3 is 14.8 Å². The van der Waals surface area contributed by atoms with Crippen molar-refractivity contribution in [2.24, 2.45) is 5.92 Å². The Morgan fingerprint density at radius 1 is 1.64 bits per heavy atom. The second kappa shape index (κ2) is 6.40. The quantitative estimate of drug-likeness (QED) is 0.676. The summed E-state index contributed by atoms with van der Waals surface area (Å²) in [6, 6.07) is 3.77. The Hall–Kier alpha value is -1.06. The van der Waals surface area contributed by atoms with Crippen LogP contribution in [0.4, 0.5) is 0 Å². The maximum absolute atomic E-state index is 8.77. The lowest BCUT2D eigenvalue weighted by molar-refractivity contribution is 0.235. The van der Waals surface area contributed by atoms with E-state index in [1.54, 1.807) is 6.26 Å².